The molecule has 0 radical (unpaired) electrons. The van der Waals surface area contributed by atoms with E-state index in [0.717, 1.165) is 0 Å². The number of rotatable bonds is 2. The molecule has 1 aromatic rings. The van der Waals surface area contributed by atoms with Crippen molar-refractivity contribution in [1.82, 2.24) is 0 Å². The Morgan fingerprint density at radius 2 is 2.35 bits per heavy atom. The minimum absolute atomic E-state index is 0.00468. The quantitative estimate of drug-likeness (QED) is 0.614. The van der Waals surface area contributed by atoms with Crippen LogP contribution in [0.3, 0.4) is 0 Å². The third kappa shape index (κ3) is 2.22. The summed E-state index contributed by atoms with van der Waals surface area (Å²) in [5, 5.41) is 0. The van der Waals surface area contributed by atoms with Crippen LogP contribution in [0.15, 0.2) is 18.2 Å². The Kier molecular flexibility index (Phi) is 2.99. The van der Waals surface area contributed by atoms with E-state index >= 15 is 0 Å². The number of nitrogens with two attached hydrogens (primary N) is 1. The summed E-state index contributed by atoms with van der Waals surface area (Å²) < 4.78 is 10.2. The molecule has 90 valence electrons. The van der Waals surface area contributed by atoms with Crippen LogP contribution in [0.5, 0.6) is 5.75 Å². The molecule has 0 bridgehead atoms. The molecule has 0 saturated carbocycles. The number of carbonyl (C=O) groups is 2. The van der Waals surface area contributed by atoms with Crippen LogP contribution in [0.1, 0.15) is 23.7 Å². The fraction of sp³-hybridized carbons (Fsp3) is 0.333. The first-order chi connectivity index (χ1) is 8.11. The molecule has 0 amide bonds. The SMILES string of the molecule is CCOC(=O)C1CC(=O)c2cc(N)ccc2O1. The zero-order chi connectivity index (χ0) is 12.4. The second-order valence-electron chi connectivity index (χ2n) is 3.74. The van der Waals surface area contributed by atoms with Crippen LogP contribution < -0.4 is 10.5 Å². The summed E-state index contributed by atoms with van der Waals surface area (Å²) in [5.41, 5.74) is 6.50. The van der Waals surface area contributed by atoms with Gasteiger partial charge in [-0.15, -0.1) is 0 Å². The van der Waals surface area contributed by atoms with Gasteiger partial charge < -0.3 is 15.2 Å². The number of Topliss-reactive ketones (excluding diaryl/α,β-unsaturated/α-hetero) is 1. The lowest BCUT2D eigenvalue weighted by molar-refractivity contribution is -0.151. The van der Waals surface area contributed by atoms with Crippen LogP contribution in [0, 0.1) is 0 Å². The minimum atomic E-state index is -0.849. The van der Waals surface area contributed by atoms with Crippen molar-refractivity contribution in [3.8, 4) is 5.75 Å². The standard InChI is InChI=1S/C12H13NO4/c1-2-16-12(15)11-6-9(14)8-5-7(13)3-4-10(8)17-11/h3-5,11H,2,6,13H2,1H3. The molecule has 2 rings (SSSR count). The number of hydrogen-bond donors (Lipinski definition) is 1. The van der Waals surface area contributed by atoms with E-state index in [4.69, 9.17) is 15.2 Å². The van der Waals surface area contributed by atoms with Gasteiger partial charge in [0.05, 0.1) is 18.6 Å². The highest BCUT2D eigenvalue weighted by molar-refractivity contribution is 6.03. The van der Waals surface area contributed by atoms with E-state index in [1.807, 2.05) is 0 Å². The van der Waals surface area contributed by atoms with Gasteiger partial charge in [0.25, 0.3) is 0 Å². The number of ketones is 1. The summed E-state index contributed by atoms with van der Waals surface area (Å²) >= 11 is 0. The van der Waals surface area contributed by atoms with Crippen LogP contribution >= 0.6 is 0 Å². The van der Waals surface area contributed by atoms with Gasteiger partial charge in [0.15, 0.2) is 5.78 Å². The van der Waals surface area contributed by atoms with Gasteiger partial charge in [-0.3, -0.25) is 4.79 Å². The van der Waals surface area contributed by atoms with Crippen molar-refractivity contribution in [2.24, 2.45) is 0 Å². The molecule has 1 heterocycles. The topological polar surface area (TPSA) is 78.6 Å². The van der Waals surface area contributed by atoms with E-state index in [0.29, 0.717) is 17.0 Å². The molecule has 17 heavy (non-hydrogen) atoms. The Morgan fingerprint density at radius 1 is 1.59 bits per heavy atom. The third-order valence-electron chi connectivity index (χ3n) is 2.49. The fourth-order valence-electron chi connectivity index (χ4n) is 1.71. The van der Waals surface area contributed by atoms with Crippen LogP contribution in [0.4, 0.5) is 5.69 Å². The molecule has 0 aromatic heterocycles. The lowest BCUT2D eigenvalue weighted by Crippen LogP contribution is -2.35. The van der Waals surface area contributed by atoms with Gasteiger partial charge in [0.1, 0.15) is 5.75 Å². The van der Waals surface area contributed by atoms with Gasteiger partial charge in [-0.1, -0.05) is 0 Å². The molecule has 2 N–H and O–H groups in total. The van der Waals surface area contributed by atoms with Gasteiger partial charge in [-0.05, 0) is 25.1 Å². The van der Waals surface area contributed by atoms with Crippen molar-refractivity contribution in [2.75, 3.05) is 12.3 Å². The number of nitrogen functional groups attached to an aromatic ring is 1. The van der Waals surface area contributed by atoms with Crippen molar-refractivity contribution in [3.63, 3.8) is 0 Å². The summed E-state index contributed by atoms with van der Waals surface area (Å²) in [6, 6.07) is 4.77. The number of carbonyl (C=O) groups excluding carboxylic acids is 2. The molecule has 0 fully saturated rings. The van der Waals surface area contributed by atoms with Crippen molar-refractivity contribution in [2.45, 2.75) is 19.4 Å². The Bertz CT molecular complexity index is 470. The second kappa shape index (κ2) is 4.45. The summed E-state index contributed by atoms with van der Waals surface area (Å²) in [6.07, 6.45) is -0.853. The third-order valence-corrected chi connectivity index (χ3v) is 2.49. The van der Waals surface area contributed by atoms with Crippen molar-refractivity contribution in [3.05, 3.63) is 23.8 Å². The number of anilines is 1. The molecule has 0 spiro atoms. The summed E-state index contributed by atoms with van der Waals surface area (Å²) in [4.78, 5) is 23.3. The van der Waals surface area contributed by atoms with E-state index in [1.165, 1.54) is 0 Å². The lowest BCUT2D eigenvalue weighted by Gasteiger charge is -2.23. The summed E-state index contributed by atoms with van der Waals surface area (Å²) in [5.74, 6) is -0.284. The highest BCUT2D eigenvalue weighted by atomic mass is 16.6. The summed E-state index contributed by atoms with van der Waals surface area (Å²) in [6.45, 7) is 1.97. The van der Waals surface area contributed by atoms with Gasteiger partial charge in [-0.2, -0.15) is 0 Å². The first kappa shape index (κ1) is 11.4. The van der Waals surface area contributed by atoms with Gasteiger partial charge in [0, 0.05) is 5.69 Å². The number of ether oxygens (including phenoxy) is 2. The van der Waals surface area contributed by atoms with Crippen molar-refractivity contribution < 1.29 is 19.1 Å². The maximum absolute atomic E-state index is 11.8. The zero-order valence-corrected chi connectivity index (χ0v) is 9.43. The number of fused-ring (bicyclic) bond motifs is 1. The average Bonchev–Trinajstić information content (AvgIpc) is 2.30. The molecular formula is C12H13NO4. The van der Waals surface area contributed by atoms with Crippen molar-refractivity contribution in [1.29, 1.82) is 0 Å². The second-order valence-corrected chi connectivity index (χ2v) is 3.74. The fourth-order valence-corrected chi connectivity index (χ4v) is 1.71. The highest BCUT2D eigenvalue weighted by Gasteiger charge is 2.32. The first-order valence-electron chi connectivity index (χ1n) is 5.38. The molecule has 5 nitrogen and oxygen atoms in total. The Morgan fingerprint density at radius 3 is 3.06 bits per heavy atom. The first-order valence-corrected chi connectivity index (χ1v) is 5.38. The monoisotopic (exact) mass is 235 g/mol. The molecular weight excluding hydrogens is 222 g/mol. The maximum Gasteiger partial charge on any atom is 0.347 e. The largest absolute Gasteiger partial charge is 0.477 e. The predicted octanol–water partition coefficient (Wildman–Crippen LogP) is 1.17. The van der Waals surface area contributed by atoms with Gasteiger partial charge >= 0.3 is 5.97 Å². The number of esters is 1. The molecule has 1 atom stereocenters. The van der Waals surface area contributed by atoms with Crippen LogP contribution in [-0.2, 0) is 9.53 Å². The molecule has 0 aliphatic carbocycles. The molecule has 5 heteroatoms. The van der Waals surface area contributed by atoms with Gasteiger partial charge in [0.2, 0.25) is 6.10 Å². The molecule has 0 saturated heterocycles. The Hall–Kier alpha value is -2.04. The number of hydrogen-bond acceptors (Lipinski definition) is 5. The molecule has 1 aromatic carbocycles. The van der Waals surface area contributed by atoms with E-state index < -0.39 is 12.1 Å². The van der Waals surface area contributed by atoms with Crippen molar-refractivity contribution >= 4 is 17.4 Å². The molecule has 1 aliphatic heterocycles. The lowest BCUT2D eigenvalue weighted by atomic mass is 10.0. The molecule has 1 unspecified atom stereocenters. The number of benzene rings is 1. The highest BCUT2D eigenvalue weighted by Crippen LogP contribution is 2.29. The summed E-state index contributed by atoms with van der Waals surface area (Å²) in [7, 11) is 0. The molecule has 1 aliphatic rings. The van der Waals surface area contributed by atoms with E-state index in [9.17, 15) is 9.59 Å². The van der Waals surface area contributed by atoms with Gasteiger partial charge in [-0.25, -0.2) is 4.79 Å². The normalized spacial score (nSPS) is 18.2. The zero-order valence-electron chi connectivity index (χ0n) is 9.43. The van der Waals surface area contributed by atoms with Crippen LogP contribution in [-0.4, -0.2) is 24.5 Å². The average molecular weight is 235 g/mol. The van der Waals surface area contributed by atoms with Crippen LogP contribution in [0.2, 0.25) is 0 Å². The maximum atomic E-state index is 11.8. The minimum Gasteiger partial charge on any atom is -0.477 e. The Labute approximate surface area is 98.5 Å². The smallest absolute Gasteiger partial charge is 0.347 e. The van der Waals surface area contributed by atoms with E-state index in [-0.39, 0.29) is 18.8 Å². The Balaban J connectivity index is 2.25. The van der Waals surface area contributed by atoms with Crippen LogP contribution in [0.25, 0.3) is 0 Å². The predicted molar refractivity (Wildman–Crippen MR) is 60.9 cm³/mol. The van der Waals surface area contributed by atoms with E-state index in [1.54, 1.807) is 25.1 Å². The van der Waals surface area contributed by atoms with E-state index in [2.05, 4.69) is 0 Å².